The molecule has 4 unspecified atom stereocenters. The van der Waals surface area contributed by atoms with Gasteiger partial charge < -0.3 is 0 Å². The molecule has 4 atom stereocenters. The van der Waals surface area contributed by atoms with Crippen molar-refractivity contribution in [1.82, 2.24) is 0 Å². The predicted octanol–water partition coefficient (Wildman–Crippen LogP) is 4.27. The molecule has 2 saturated carbocycles. The SMILES string of the molecule is CC1CC(F)C(C2CC(F)C(N=C=S)C(F)C2)C(F)C1. The quantitative estimate of drug-likeness (QED) is 0.422. The topological polar surface area (TPSA) is 12.4 Å². The van der Waals surface area contributed by atoms with Crippen LogP contribution < -0.4 is 0 Å². The summed E-state index contributed by atoms with van der Waals surface area (Å²) in [5, 5.41) is 2.00. The van der Waals surface area contributed by atoms with Crippen LogP contribution in [0.25, 0.3) is 0 Å². The highest BCUT2D eigenvalue weighted by Crippen LogP contribution is 2.44. The fourth-order valence-electron chi connectivity index (χ4n) is 3.71. The van der Waals surface area contributed by atoms with Gasteiger partial charge in [-0.1, -0.05) is 6.92 Å². The summed E-state index contributed by atoms with van der Waals surface area (Å²) in [6.45, 7) is 1.80. The Kier molecular flexibility index (Phi) is 5.19. The molecule has 0 aromatic carbocycles. The lowest BCUT2D eigenvalue weighted by atomic mass is 9.68. The number of halogens is 4. The van der Waals surface area contributed by atoms with Crippen LogP contribution in [0, 0.1) is 17.8 Å². The Bertz CT molecular complexity index is 363. The molecule has 0 amide bonds. The third-order valence-electron chi connectivity index (χ3n) is 4.63. The molecule has 20 heavy (non-hydrogen) atoms. The second-order valence-corrected chi connectivity index (χ2v) is 6.34. The van der Waals surface area contributed by atoms with E-state index < -0.39 is 42.6 Å². The van der Waals surface area contributed by atoms with Crippen molar-refractivity contribution in [3.05, 3.63) is 0 Å². The molecule has 0 aromatic heterocycles. The normalized spacial score (nSPS) is 49.5. The molecule has 0 saturated heterocycles. The van der Waals surface area contributed by atoms with Gasteiger partial charge in [-0.15, -0.1) is 0 Å². The summed E-state index contributed by atoms with van der Waals surface area (Å²) >= 11 is 4.37. The molecule has 2 fully saturated rings. The van der Waals surface area contributed by atoms with Crippen molar-refractivity contribution in [3.63, 3.8) is 0 Å². The Morgan fingerprint density at radius 2 is 1.40 bits per heavy atom. The van der Waals surface area contributed by atoms with Crippen LogP contribution in [0.2, 0.25) is 0 Å². The Morgan fingerprint density at radius 3 is 1.85 bits per heavy atom. The van der Waals surface area contributed by atoms with Gasteiger partial charge in [0.15, 0.2) is 0 Å². The van der Waals surface area contributed by atoms with Gasteiger partial charge in [-0.25, -0.2) is 22.6 Å². The average Bonchev–Trinajstić information content (AvgIpc) is 2.32. The molecule has 2 aliphatic rings. The van der Waals surface area contributed by atoms with E-state index in [4.69, 9.17) is 0 Å². The smallest absolute Gasteiger partial charge is 0.126 e. The van der Waals surface area contributed by atoms with E-state index in [0.29, 0.717) is 0 Å². The Morgan fingerprint density at radius 1 is 0.900 bits per heavy atom. The van der Waals surface area contributed by atoms with Gasteiger partial charge >= 0.3 is 0 Å². The van der Waals surface area contributed by atoms with Crippen molar-refractivity contribution >= 4 is 17.4 Å². The number of hydrogen-bond donors (Lipinski definition) is 0. The second kappa shape index (κ2) is 6.52. The Labute approximate surface area is 121 Å². The van der Waals surface area contributed by atoms with Crippen LogP contribution in [0.15, 0.2) is 4.99 Å². The first-order chi connectivity index (χ1) is 9.43. The van der Waals surface area contributed by atoms with Gasteiger partial charge in [0.05, 0.1) is 5.16 Å². The van der Waals surface area contributed by atoms with Crippen LogP contribution in [0.3, 0.4) is 0 Å². The van der Waals surface area contributed by atoms with E-state index in [1.54, 1.807) is 6.92 Å². The molecule has 6 heteroatoms. The zero-order valence-electron chi connectivity index (χ0n) is 11.3. The zero-order valence-corrected chi connectivity index (χ0v) is 12.1. The molecular formula is C14H19F4NS. The predicted molar refractivity (Wildman–Crippen MR) is 73.0 cm³/mol. The van der Waals surface area contributed by atoms with Gasteiger partial charge in [-0.05, 0) is 49.7 Å². The summed E-state index contributed by atoms with van der Waals surface area (Å²) in [7, 11) is 0. The first-order valence-electron chi connectivity index (χ1n) is 7.07. The molecule has 0 aliphatic heterocycles. The lowest BCUT2D eigenvalue weighted by Crippen LogP contribution is -2.47. The van der Waals surface area contributed by atoms with Gasteiger partial charge in [0.2, 0.25) is 0 Å². The number of aliphatic imine (C=N–C) groups is 1. The van der Waals surface area contributed by atoms with Crippen LogP contribution in [0.4, 0.5) is 17.6 Å². The van der Waals surface area contributed by atoms with Crippen molar-refractivity contribution < 1.29 is 17.6 Å². The first kappa shape index (κ1) is 15.9. The molecule has 0 aromatic rings. The molecule has 0 heterocycles. The fraction of sp³-hybridized carbons (Fsp3) is 0.929. The lowest BCUT2D eigenvalue weighted by molar-refractivity contribution is -0.0271. The van der Waals surface area contributed by atoms with Gasteiger partial charge in [-0.3, -0.25) is 0 Å². The number of hydrogen-bond acceptors (Lipinski definition) is 2. The number of rotatable bonds is 2. The van der Waals surface area contributed by atoms with Gasteiger partial charge in [0.25, 0.3) is 0 Å². The van der Waals surface area contributed by atoms with E-state index in [1.165, 1.54) is 0 Å². The highest BCUT2D eigenvalue weighted by molar-refractivity contribution is 7.78. The van der Waals surface area contributed by atoms with Crippen LogP contribution in [0.1, 0.15) is 32.6 Å². The molecule has 0 N–H and O–H groups in total. The fourth-order valence-corrected chi connectivity index (χ4v) is 3.84. The standard InChI is InChI=1S/C14H19F4NS/c1-7-2-9(15)13(10(16)3-7)8-4-11(17)14(19-6-20)12(18)5-8/h7-14H,2-5H2,1H3. The number of isothiocyanates is 1. The van der Waals surface area contributed by atoms with Crippen molar-refractivity contribution in [2.45, 2.75) is 63.3 Å². The van der Waals surface area contributed by atoms with Crippen LogP contribution >= 0.6 is 12.2 Å². The van der Waals surface area contributed by atoms with Crippen molar-refractivity contribution in [2.24, 2.45) is 22.7 Å². The minimum absolute atomic E-state index is 0.0191. The third kappa shape index (κ3) is 3.22. The summed E-state index contributed by atoms with van der Waals surface area (Å²) in [6.07, 6.45) is -5.27. The maximum Gasteiger partial charge on any atom is 0.126 e. The summed E-state index contributed by atoms with van der Waals surface area (Å²) in [6, 6.07) is -1.16. The molecule has 0 spiro atoms. The van der Waals surface area contributed by atoms with Gasteiger partial charge in [0.1, 0.15) is 30.7 Å². The van der Waals surface area contributed by atoms with Crippen LogP contribution in [-0.4, -0.2) is 35.9 Å². The maximum atomic E-state index is 14.1. The van der Waals surface area contributed by atoms with Gasteiger partial charge in [0, 0.05) is 5.92 Å². The van der Waals surface area contributed by atoms with E-state index in [-0.39, 0.29) is 31.6 Å². The van der Waals surface area contributed by atoms with Crippen LogP contribution in [-0.2, 0) is 0 Å². The Hall–Kier alpha value is -0.480. The van der Waals surface area contributed by atoms with Crippen molar-refractivity contribution in [1.29, 1.82) is 0 Å². The molecule has 114 valence electrons. The minimum Gasteiger partial charge on any atom is -0.247 e. The van der Waals surface area contributed by atoms with E-state index in [1.807, 2.05) is 5.16 Å². The molecular weight excluding hydrogens is 290 g/mol. The highest BCUT2D eigenvalue weighted by Gasteiger charge is 2.47. The van der Waals surface area contributed by atoms with E-state index in [9.17, 15) is 17.6 Å². The molecule has 0 bridgehead atoms. The lowest BCUT2D eigenvalue weighted by Gasteiger charge is -2.42. The minimum atomic E-state index is -1.54. The molecule has 0 radical (unpaired) electrons. The Balaban J connectivity index is 2.08. The summed E-state index contributed by atoms with van der Waals surface area (Å²) in [5.74, 6) is -1.51. The highest BCUT2D eigenvalue weighted by atomic mass is 32.1. The monoisotopic (exact) mass is 309 g/mol. The van der Waals surface area contributed by atoms with Gasteiger partial charge in [-0.2, -0.15) is 0 Å². The van der Waals surface area contributed by atoms with Crippen LogP contribution in [0.5, 0.6) is 0 Å². The summed E-state index contributed by atoms with van der Waals surface area (Å²) in [5.41, 5.74) is 0. The second-order valence-electron chi connectivity index (χ2n) is 6.16. The zero-order chi connectivity index (χ0) is 14.9. The largest absolute Gasteiger partial charge is 0.247 e. The summed E-state index contributed by atoms with van der Waals surface area (Å²) in [4.78, 5) is 3.50. The maximum absolute atomic E-state index is 14.1. The molecule has 1 nitrogen and oxygen atoms in total. The summed E-state index contributed by atoms with van der Waals surface area (Å²) < 4.78 is 56.1. The van der Waals surface area contributed by atoms with Crippen molar-refractivity contribution in [2.75, 3.05) is 0 Å². The van der Waals surface area contributed by atoms with E-state index in [2.05, 4.69) is 17.2 Å². The molecule has 2 rings (SSSR count). The number of alkyl halides is 4. The average molecular weight is 309 g/mol. The third-order valence-corrected chi connectivity index (χ3v) is 4.74. The number of nitrogens with zero attached hydrogens (tertiary/aromatic N) is 1. The van der Waals surface area contributed by atoms with Crippen molar-refractivity contribution in [3.8, 4) is 0 Å². The molecule has 2 aliphatic carbocycles. The van der Waals surface area contributed by atoms with E-state index >= 15 is 0 Å². The first-order valence-corrected chi connectivity index (χ1v) is 7.48. The van der Waals surface area contributed by atoms with E-state index in [0.717, 1.165) is 0 Å². The number of thiocarbonyl (C=S) groups is 1.